The molecule has 20 heteroatoms. The molecule has 3 heterocycles. The molecule has 2 aromatic carbocycles. The number of aliphatic hydroxyl groups excluding tert-OH is 1. The van der Waals surface area contributed by atoms with Gasteiger partial charge in [-0.2, -0.15) is 10.2 Å². The second-order valence-corrected chi connectivity index (χ2v) is 20.0. The summed E-state index contributed by atoms with van der Waals surface area (Å²) in [7, 11) is 1.37. The Kier molecular flexibility index (Phi) is 21.7. The van der Waals surface area contributed by atoms with Crippen molar-refractivity contribution < 1.29 is 48.6 Å². The highest BCUT2D eigenvalue weighted by Crippen LogP contribution is 2.38. The highest BCUT2D eigenvalue weighted by atomic mass is 35.5. The zero-order valence-electron chi connectivity index (χ0n) is 42.7. The molecule has 72 heavy (non-hydrogen) atoms. The number of nitrogens with zero attached hydrogens (tertiary/aromatic N) is 7. The summed E-state index contributed by atoms with van der Waals surface area (Å²) in [6.45, 7) is 34.2. The standard InChI is InChI=1S/C24H32N4O4.C23H30N4O4.C5H8ClNO2/c1-14-7-9-18(10-8-14)22-26-23(28-27-22)20(19(25-5)13-31-30-6)24(29)32-21-16(3)11-15(2)12-17(21)4;1-12-6-8-16(9-7-12)20-25-21(27-26-20)17(18(24-5)22(28)29)23(30)31-19-14(3)10-13(2)11-15(19)4;6-5(8)7-1-3-9-4-2-7/h7-10,15-17,19-21H,11-13H2,1-4,6H3,(H,26,27,28);6-9,13-15,17-19,22,28-29H,10-11H2,1-4H3,(H,25,26,27);1-4H2. The van der Waals surface area contributed by atoms with Crippen molar-refractivity contribution in [1.29, 1.82) is 0 Å². The average molecular weight is 1020 g/mol. The number of benzene rings is 2. The molecule has 8 unspecified atom stereocenters. The fourth-order valence-corrected chi connectivity index (χ4v) is 10.2. The van der Waals surface area contributed by atoms with Crippen LogP contribution in [0.3, 0.4) is 0 Å². The zero-order valence-corrected chi connectivity index (χ0v) is 43.4. The first kappa shape index (κ1) is 57.1. The number of aliphatic hydroxyl groups is 2. The van der Waals surface area contributed by atoms with E-state index in [1.165, 1.54) is 7.11 Å². The van der Waals surface area contributed by atoms with Crippen LogP contribution in [0.4, 0.5) is 4.79 Å². The summed E-state index contributed by atoms with van der Waals surface area (Å²) in [5, 5.41) is 33.2. The third-order valence-electron chi connectivity index (χ3n) is 13.5. The van der Waals surface area contributed by atoms with Gasteiger partial charge in [0.1, 0.15) is 23.9 Å². The molecule has 390 valence electrons. The monoisotopic (exact) mass is 1020 g/mol. The number of H-pyrrole nitrogens is 2. The Bertz CT molecular complexity index is 2410. The van der Waals surface area contributed by atoms with Gasteiger partial charge < -0.3 is 39.0 Å². The summed E-state index contributed by atoms with van der Waals surface area (Å²) in [5.74, 6) is -0.255. The van der Waals surface area contributed by atoms with Gasteiger partial charge >= 0.3 is 17.3 Å². The summed E-state index contributed by atoms with van der Waals surface area (Å²) in [4.78, 5) is 64.1. The number of morpholine rings is 1. The maximum absolute atomic E-state index is 13.4. The number of nitrogens with one attached hydrogen (secondary N) is 2. The number of aromatic nitrogens is 6. The third-order valence-corrected chi connectivity index (χ3v) is 13.8. The highest BCUT2D eigenvalue weighted by Gasteiger charge is 2.46. The Hall–Kier alpha value is -5.80. The lowest BCUT2D eigenvalue weighted by Crippen LogP contribution is -2.42. The van der Waals surface area contributed by atoms with Crippen LogP contribution in [0, 0.1) is 62.5 Å². The number of hydrogen-bond acceptors (Lipinski definition) is 14. The average Bonchev–Trinajstić information content (AvgIpc) is 4.04. The molecule has 4 N–H and O–H groups in total. The molecular weight excluding hydrogens is 946 g/mol. The number of ether oxygens (including phenoxy) is 3. The normalized spacial score (nSPS) is 24.6. The molecule has 7 rings (SSSR count). The fourth-order valence-electron chi connectivity index (χ4n) is 10.0. The summed E-state index contributed by atoms with van der Waals surface area (Å²) >= 11 is 5.19. The minimum Gasteiger partial charge on any atom is -0.461 e. The summed E-state index contributed by atoms with van der Waals surface area (Å²) in [6, 6.07) is 13.0. The molecule has 2 saturated carbocycles. The summed E-state index contributed by atoms with van der Waals surface area (Å²) in [6.07, 6.45) is 1.38. The summed E-state index contributed by atoms with van der Waals surface area (Å²) in [5.41, 5.74) is 3.78. The van der Waals surface area contributed by atoms with Crippen molar-refractivity contribution in [2.45, 2.75) is 123 Å². The molecule has 8 atom stereocenters. The quantitative estimate of drug-likeness (QED) is 0.0178. The molecule has 3 fully saturated rings. The van der Waals surface area contributed by atoms with Gasteiger partial charge in [0.25, 0.3) is 12.1 Å². The Morgan fingerprint density at radius 3 is 1.50 bits per heavy atom. The highest BCUT2D eigenvalue weighted by molar-refractivity contribution is 6.62. The number of carbonyl (C=O) groups excluding carboxylic acids is 3. The van der Waals surface area contributed by atoms with Crippen LogP contribution >= 0.6 is 11.6 Å². The maximum Gasteiger partial charge on any atom is 0.325 e. The predicted molar refractivity (Wildman–Crippen MR) is 267 cm³/mol. The number of hydrogen-bond donors (Lipinski definition) is 4. The number of amides is 1. The van der Waals surface area contributed by atoms with Crippen LogP contribution in [0.1, 0.15) is 102 Å². The molecule has 19 nitrogen and oxygen atoms in total. The van der Waals surface area contributed by atoms with Gasteiger partial charge in [-0.1, -0.05) is 101 Å². The van der Waals surface area contributed by atoms with E-state index in [2.05, 4.69) is 86.5 Å². The minimum absolute atomic E-state index is 0.0826. The number of aryl methyl sites for hydroxylation is 2. The number of aromatic amines is 2. The van der Waals surface area contributed by atoms with E-state index in [9.17, 15) is 24.6 Å². The molecule has 0 spiro atoms. The number of rotatable bonds is 14. The van der Waals surface area contributed by atoms with Crippen LogP contribution in [0.15, 0.2) is 48.5 Å². The first-order chi connectivity index (χ1) is 34.3. The molecular formula is C52H70ClN9O10. The lowest BCUT2D eigenvalue weighted by atomic mass is 9.75. The molecule has 1 aliphatic heterocycles. The topological polar surface area (TPSA) is 233 Å². The second-order valence-electron chi connectivity index (χ2n) is 19.7. The molecule has 0 radical (unpaired) electrons. The van der Waals surface area contributed by atoms with E-state index in [0.29, 0.717) is 49.8 Å². The van der Waals surface area contributed by atoms with E-state index in [1.807, 2.05) is 62.4 Å². The van der Waals surface area contributed by atoms with Crippen molar-refractivity contribution in [3.63, 3.8) is 0 Å². The zero-order chi connectivity index (χ0) is 52.6. The molecule has 2 aliphatic carbocycles. The third kappa shape index (κ3) is 15.6. The van der Waals surface area contributed by atoms with Crippen molar-refractivity contribution in [2.24, 2.45) is 35.5 Å². The number of carbonyl (C=O) groups is 3. The van der Waals surface area contributed by atoms with Crippen molar-refractivity contribution in [1.82, 2.24) is 35.3 Å². The lowest BCUT2D eigenvalue weighted by molar-refractivity contribution is -0.274. The van der Waals surface area contributed by atoms with Gasteiger partial charge in [0.15, 0.2) is 30.1 Å². The maximum atomic E-state index is 13.4. The van der Waals surface area contributed by atoms with E-state index < -0.39 is 42.1 Å². The van der Waals surface area contributed by atoms with Crippen molar-refractivity contribution in [3.8, 4) is 22.8 Å². The van der Waals surface area contributed by atoms with Gasteiger partial charge in [-0.25, -0.2) is 32.9 Å². The van der Waals surface area contributed by atoms with Crippen molar-refractivity contribution >= 4 is 28.9 Å². The summed E-state index contributed by atoms with van der Waals surface area (Å²) < 4.78 is 16.9. The van der Waals surface area contributed by atoms with Crippen LogP contribution in [-0.4, -0.2) is 133 Å². The second kappa shape index (κ2) is 27.3. The molecule has 3 aliphatic rings. The van der Waals surface area contributed by atoms with Crippen LogP contribution in [-0.2, 0) is 33.6 Å². The van der Waals surface area contributed by atoms with Gasteiger partial charge in [-0.3, -0.25) is 24.6 Å². The Morgan fingerprint density at radius 2 is 1.14 bits per heavy atom. The smallest absolute Gasteiger partial charge is 0.325 e. The van der Waals surface area contributed by atoms with E-state index in [1.54, 1.807) is 4.90 Å². The number of esters is 2. The fraction of sp³-hybridized carbons (Fsp3) is 0.596. The van der Waals surface area contributed by atoms with Crippen LogP contribution in [0.25, 0.3) is 32.5 Å². The largest absolute Gasteiger partial charge is 0.461 e. The molecule has 4 aromatic rings. The van der Waals surface area contributed by atoms with E-state index in [0.717, 1.165) is 47.9 Å². The van der Waals surface area contributed by atoms with Crippen LogP contribution in [0.2, 0.25) is 0 Å². The Labute approximate surface area is 427 Å². The first-order valence-electron chi connectivity index (χ1n) is 24.5. The van der Waals surface area contributed by atoms with Gasteiger partial charge in [0, 0.05) is 24.2 Å². The lowest BCUT2D eigenvalue weighted by Gasteiger charge is -2.37. The minimum atomic E-state index is -2.02. The van der Waals surface area contributed by atoms with Gasteiger partial charge in [-0.05, 0) is 86.6 Å². The Balaban J connectivity index is 0.000000228. The SMILES string of the molecule is O=C(Cl)N1CCOCC1.[C-]#[N+]C(C(O)O)C(C(=O)OC1C(C)CC(C)CC1C)c1nc(-c2ccc(C)cc2)n[nH]1.[C-]#[N+]C(COOC)C(C(=O)OC1C(C)CC(C)CC1C)c1nc(-c2ccc(C)cc2)n[nH]1. The van der Waals surface area contributed by atoms with E-state index >= 15 is 0 Å². The van der Waals surface area contributed by atoms with Gasteiger partial charge in [0.05, 0.1) is 20.3 Å². The van der Waals surface area contributed by atoms with Crippen LogP contribution in [0.5, 0.6) is 0 Å². The van der Waals surface area contributed by atoms with E-state index in [-0.39, 0.29) is 59.5 Å². The molecule has 0 bridgehead atoms. The van der Waals surface area contributed by atoms with E-state index in [4.69, 9.17) is 43.8 Å². The van der Waals surface area contributed by atoms with Crippen LogP contribution < -0.4 is 0 Å². The first-order valence-corrected chi connectivity index (χ1v) is 24.9. The number of halogens is 1. The Morgan fingerprint density at radius 1 is 0.722 bits per heavy atom. The van der Waals surface area contributed by atoms with Crippen molar-refractivity contribution in [2.75, 3.05) is 40.0 Å². The molecule has 1 saturated heterocycles. The van der Waals surface area contributed by atoms with Gasteiger partial charge in [-0.15, -0.1) is 0 Å². The van der Waals surface area contributed by atoms with Gasteiger partial charge in [0.2, 0.25) is 6.29 Å². The predicted octanol–water partition coefficient (Wildman–Crippen LogP) is 8.10. The molecule has 1 amide bonds. The van der Waals surface area contributed by atoms with Crippen molar-refractivity contribution in [3.05, 3.63) is 94.1 Å². The molecule has 2 aromatic heterocycles.